The van der Waals surface area contributed by atoms with Crippen LogP contribution in [-0.2, 0) is 9.47 Å². The van der Waals surface area contributed by atoms with E-state index in [1.807, 2.05) is 7.11 Å². The Morgan fingerprint density at radius 2 is 2.00 bits per heavy atom. The molecular weight excluding hydrogens is 178 g/mol. The van der Waals surface area contributed by atoms with E-state index in [1.54, 1.807) is 7.11 Å². The van der Waals surface area contributed by atoms with Crippen molar-refractivity contribution in [3.05, 3.63) is 0 Å². The second-order valence-electron chi connectivity index (χ2n) is 4.35. The van der Waals surface area contributed by atoms with Crippen LogP contribution in [-0.4, -0.2) is 39.0 Å². The van der Waals surface area contributed by atoms with Crippen molar-refractivity contribution in [2.45, 2.75) is 50.8 Å². The Bertz CT molecular complexity index is 152. The Balaban J connectivity index is 2.32. The summed E-state index contributed by atoms with van der Waals surface area (Å²) < 4.78 is 10.7. The molecule has 14 heavy (non-hydrogen) atoms. The van der Waals surface area contributed by atoms with Gasteiger partial charge in [-0.2, -0.15) is 0 Å². The molecule has 1 saturated carbocycles. The van der Waals surface area contributed by atoms with Crippen LogP contribution >= 0.6 is 0 Å². The molecular formula is C11H24NO2+. The fraction of sp³-hybridized carbons (Fsp3) is 1.00. The summed E-state index contributed by atoms with van der Waals surface area (Å²) in [5, 5.41) is 2.41. The molecule has 1 rings (SSSR count). The summed E-state index contributed by atoms with van der Waals surface area (Å²) in [6.45, 7) is 3.04. The average Bonchev–Trinajstić information content (AvgIpc) is 2.19. The van der Waals surface area contributed by atoms with Gasteiger partial charge in [0.15, 0.2) is 0 Å². The van der Waals surface area contributed by atoms with E-state index in [1.165, 1.54) is 25.7 Å². The molecule has 0 aromatic heterocycles. The van der Waals surface area contributed by atoms with Crippen LogP contribution in [0.1, 0.15) is 32.6 Å². The maximum atomic E-state index is 5.51. The molecule has 0 aromatic carbocycles. The van der Waals surface area contributed by atoms with Crippen molar-refractivity contribution in [2.75, 3.05) is 20.8 Å². The molecule has 0 spiro atoms. The highest BCUT2D eigenvalue weighted by atomic mass is 16.5. The van der Waals surface area contributed by atoms with E-state index in [4.69, 9.17) is 9.47 Å². The molecule has 0 amide bonds. The lowest BCUT2D eigenvalue weighted by Gasteiger charge is -2.30. The number of methoxy groups -OCH3 is 2. The first-order chi connectivity index (χ1) is 6.77. The van der Waals surface area contributed by atoms with Crippen molar-refractivity contribution in [2.24, 2.45) is 0 Å². The van der Waals surface area contributed by atoms with Gasteiger partial charge in [0.05, 0.1) is 6.61 Å². The molecule has 3 nitrogen and oxygen atoms in total. The molecule has 0 radical (unpaired) electrons. The lowest BCUT2D eigenvalue weighted by Crippen LogP contribution is -2.97. The van der Waals surface area contributed by atoms with Crippen molar-refractivity contribution in [3.63, 3.8) is 0 Å². The average molecular weight is 202 g/mol. The maximum absolute atomic E-state index is 5.51. The highest BCUT2D eigenvalue weighted by Crippen LogP contribution is 2.18. The zero-order valence-electron chi connectivity index (χ0n) is 9.66. The minimum Gasteiger partial charge on any atom is -0.379 e. The zero-order valence-corrected chi connectivity index (χ0v) is 9.66. The van der Waals surface area contributed by atoms with Crippen LogP contribution in [0, 0.1) is 0 Å². The van der Waals surface area contributed by atoms with E-state index in [9.17, 15) is 0 Å². The van der Waals surface area contributed by atoms with Crippen molar-refractivity contribution in [1.82, 2.24) is 0 Å². The van der Waals surface area contributed by atoms with Crippen LogP contribution in [0.2, 0.25) is 0 Å². The van der Waals surface area contributed by atoms with Crippen molar-refractivity contribution in [3.8, 4) is 0 Å². The Labute approximate surface area is 87.2 Å². The number of rotatable bonds is 5. The van der Waals surface area contributed by atoms with Gasteiger partial charge in [0, 0.05) is 20.6 Å². The summed E-state index contributed by atoms with van der Waals surface area (Å²) in [6, 6.07) is 1.18. The molecule has 3 atom stereocenters. The summed E-state index contributed by atoms with van der Waals surface area (Å²) in [5.41, 5.74) is 0. The molecule has 0 saturated heterocycles. The molecule has 1 aliphatic rings. The van der Waals surface area contributed by atoms with Gasteiger partial charge in [-0.05, 0) is 19.8 Å². The van der Waals surface area contributed by atoms with E-state index in [0.29, 0.717) is 18.2 Å². The molecule has 2 N–H and O–H groups in total. The van der Waals surface area contributed by atoms with E-state index in [-0.39, 0.29) is 0 Å². The topological polar surface area (TPSA) is 35.1 Å². The first-order valence-corrected chi connectivity index (χ1v) is 5.64. The van der Waals surface area contributed by atoms with Gasteiger partial charge >= 0.3 is 0 Å². The van der Waals surface area contributed by atoms with Crippen LogP contribution in [0.25, 0.3) is 0 Å². The second kappa shape index (κ2) is 6.38. The van der Waals surface area contributed by atoms with Crippen LogP contribution in [0.15, 0.2) is 0 Å². The normalized spacial score (nSPS) is 30.2. The molecule has 84 valence electrons. The minimum atomic E-state index is 0.447. The molecule has 0 unspecified atom stereocenters. The van der Waals surface area contributed by atoms with Gasteiger partial charge < -0.3 is 14.8 Å². The molecule has 0 aromatic rings. The van der Waals surface area contributed by atoms with Gasteiger partial charge in [-0.1, -0.05) is 6.42 Å². The van der Waals surface area contributed by atoms with Gasteiger partial charge in [-0.25, -0.2) is 0 Å². The predicted octanol–water partition coefficient (Wildman–Crippen LogP) is 0.542. The summed E-state index contributed by atoms with van der Waals surface area (Å²) in [6.07, 6.45) is 5.62. The standard InChI is InChI=1S/C11H23NO2/c1-9(8-13-2)12-10-6-4-5-7-11(10)14-3/h9-12H,4-8H2,1-3H3/p+1/t9-,10+,11+/m1/s1. The van der Waals surface area contributed by atoms with Crippen molar-refractivity contribution < 1.29 is 14.8 Å². The number of quaternary nitrogens is 1. The van der Waals surface area contributed by atoms with E-state index in [2.05, 4.69) is 12.2 Å². The third kappa shape index (κ3) is 3.56. The molecule has 1 aliphatic carbocycles. The molecule has 0 bridgehead atoms. The Hall–Kier alpha value is -0.120. The quantitative estimate of drug-likeness (QED) is 0.706. The van der Waals surface area contributed by atoms with E-state index in [0.717, 1.165) is 6.61 Å². The Morgan fingerprint density at radius 3 is 2.64 bits per heavy atom. The van der Waals surface area contributed by atoms with Crippen LogP contribution in [0.4, 0.5) is 0 Å². The van der Waals surface area contributed by atoms with E-state index >= 15 is 0 Å². The fourth-order valence-corrected chi connectivity index (χ4v) is 2.38. The van der Waals surface area contributed by atoms with Gasteiger partial charge in [0.1, 0.15) is 18.2 Å². The molecule has 1 fully saturated rings. The number of nitrogens with two attached hydrogens (primary N) is 1. The van der Waals surface area contributed by atoms with Crippen LogP contribution in [0.5, 0.6) is 0 Å². The Morgan fingerprint density at radius 1 is 1.29 bits per heavy atom. The summed E-state index contributed by atoms with van der Waals surface area (Å²) in [7, 11) is 3.59. The van der Waals surface area contributed by atoms with Crippen molar-refractivity contribution in [1.29, 1.82) is 0 Å². The van der Waals surface area contributed by atoms with Crippen LogP contribution in [0.3, 0.4) is 0 Å². The van der Waals surface area contributed by atoms with Gasteiger partial charge in [0.2, 0.25) is 0 Å². The number of hydrogen-bond donors (Lipinski definition) is 1. The third-order valence-corrected chi connectivity index (χ3v) is 3.06. The van der Waals surface area contributed by atoms with Gasteiger partial charge in [-0.3, -0.25) is 0 Å². The van der Waals surface area contributed by atoms with Gasteiger partial charge in [-0.15, -0.1) is 0 Å². The van der Waals surface area contributed by atoms with Crippen LogP contribution < -0.4 is 5.32 Å². The monoisotopic (exact) mass is 202 g/mol. The molecule has 0 heterocycles. The smallest absolute Gasteiger partial charge is 0.113 e. The minimum absolute atomic E-state index is 0.447. The lowest BCUT2D eigenvalue weighted by atomic mass is 9.92. The maximum Gasteiger partial charge on any atom is 0.113 e. The third-order valence-electron chi connectivity index (χ3n) is 3.06. The highest BCUT2D eigenvalue weighted by molar-refractivity contribution is 4.74. The zero-order chi connectivity index (χ0) is 10.4. The van der Waals surface area contributed by atoms with E-state index < -0.39 is 0 Å². The summed E-state index contributed by atoms with van der Waals surface area (Å²) in [5.74, 6) is 0. The SMILES string of the molecule is COC[C@@H](C)[NH2+][C@H]1CCCC[C@@H]1OC. The highest BCUT2D eigenvalue weighted by Gasteiger charge is 2.28. The number of ether oxygens (including phenoxy) is 2. The van der Waals surface area contributed by atoms with Gasteiger partial charge in [0.25, 0.3) is 0 Å². The second-order valence-corrected chi connectivity index (χ2v) is 4.35. The predicted molar refractivity (Wildman–Crippen MR) is 56.3 cm³/mol. The lowest BCUT2D eigenvalue weighted by molar-refractivity contribution is -0.728. The largest absolute Gasteiger partial charge is 0.379 e. The fourth-order valence-electron chi connectivity index (χ4n) is 2.38. The first-order valence-electron chi connectivity index (χ1n) is 5.64. The number of hydrogen-bond acceptors (Lipinski definition) is 2. The molecule has 3 heteroatoms. The first kappa shape index (κ1) is 12.0. The molecule has 0 aliphatic heterocycles. The Kier molecular flexibility index (Phi) is 5.45. The summed E-state index contributed by atoms with van der Waals surface area (Å²) >= 11 is 0. The summed E-state index contributed by atoms with van der Waals surface area (Å²) in [4.78, 5) is 0. The van der Waals surface area contributed by atoms with Crippen molar-refractivity contribution >= 4 is 0 Å².